The lowest BCUT2D eigenvalue weighted by atomic mass is 10.1. The molecule has 0 saturated carbocycles. The van der Waals surface area contributed by atoms with E-state index in [1.54, 1.807) is 24.3 Å². The maximum absolute atomic E-state index is 13.7. The standard InChI is InChI=1S/C33H39N7O5/c1-4-21-44-33(43)28-22-27-29(45-28)30(34-31(41)23-5-9-25(10-6-23)38-17-13-36(2)14-18-38)35-40(27)32(42)24-7-11-26(12-8-24)39-19-15-37(3)16-20-39/h5-12,22H,4,13-21H2,1-3H3,(H,34,35,41). The quantitative estimate of drug-likeness (QED) is 0.295. The van der Waals surface area contributed by atoms with E-state index in [-0.39, 0.29) is 29.3 Å². The van der Waals surface area contributed by atoms with Crippen LogP contribution < -0.4 is 15.1 Å². The lowest BCUT2D eigenvalue weighted by molar-refractivity contribution is 0.0471. The van der Waals surface area contributed by atoms with Crippen LogP contribution in [0.25, 0.3) is 11.1 Å². The first-order valence-electron chi connectivity index (χ1n) is 15.4. The first-order valence-corrected chi connectivity index (χ1v) is 15.4. The van der Waals surface area contributed by atoms with E-state index in [4.69, 9.17) is 9.15 Å². The number of carbonyl (C=O) groups is 3. The molecule has 2 aliphatic heterocycles. The van der Waals surface area contributed by atoms with Gasteiger partial charge >= 0.3 is 5.97 Å². The smallest absolute Gasteiger partial charge is 0.374 e. The first kappa shape index (κ1) is 30.4. The van der Waals surface area contributed by atoms with Gasteiger partial charge in [-0.15, -0.1) is 5.10 Å². The average molecular weight is 614 g/mol. The molecule has 0 atom stereocenters. The first-order chi connectivity index (χ1) is 21.8. The van der Waals surface area contributed by atoms with Crippen LogP contribution in [0.1, 0.15) is 44.6 Å². The largest absolute Gasteiger partial charge is 0.460 e. The Hall–Kier alpha value is -4.68. The van der Waals surface area contributed by atoms with Gasteiger partial charge < -0.3 is 34.1 Å². The van der Waals surface area contributed by atoms with E-state index in [0.29, 0.717) is 17.5 Å². The van der Waals surface area contributed by atoms with Crippen LogP contribution in [-0.4, -0.2) is 110 Å². The van der Waals surface area contributed by atoms with Gasteiger partial charge in [-0.2, -0.15) is 4.68 Å². The number of ether oxygens (including phenoxy) is 1. The van der Waals surface area contributed by atoms with Gasteiger partial charge in [-0.1, -0.05) is 6.92 Å². The van der Waals surface area contributed by atoms with Crippen LogP contribution in [0, 0.1) is 0 Å². The third-order valence-corrected chi connectivity index (χ3v) is 8.40. The molecule has 6 rings (SSSR count). The van der Waals surface area contributed by atoms with Crippen molar-refractivity contribution in [3.63, 3.8) is 0 Å². The number of hydrogen-bond donors (Lipinski definition) is 1. The van der Waals surface area contributed by atoms with Gasteiger partial charge in [0, 0.05) is 80.9 Å². The summed E-state index contributed by atoms with van der Waals surface area (Å²) >= 11 is 0. The minimum Gasteiger partial charge on any atom is -0.460 e. The van der Waals surface area contributed by atoms with E-state index < -0.39 is 17.8 Å². The third kappa shape index (κ3) is 6.57. The van der Waals surface area contributed by atoms with Crippen molar-refractivity contribution >= 4 is 46.1 Å². The van der Waals surface area contributed by atoms with E-state index in [2.05, 4.69) is 44.1 Å². The van der Waals surface area contributed by atoms with E-state index in [1.165, 1.54) is 6.07 Å². The summed E-state index contributed by atoms with van der Waals surface area (Å²) in [7, 11) is 4.22. The molecule has 45 heavy (non-hydrogen) atoms. The molecule has 0 unspecified atom stereocenters. The highest BCUT2D eigenvalue weighted by atomic mass is 16.5. The second kappa shape index (κ2) is 13.1. The van der Waals surface area contributed by atoms with Crippen molar-refractivity contribution in [1.82, 2.24) is 19.6 Å². The summed E-state index contributed by atoms with van der Waals surface area (Å²) in [5.74, 6) is -1.52. The summed E-state index contributed by atoms with van der Waals surface area (Å²) in [5, 5.41) is 7.22. The normalized spacial score (nSPS) is 16.2. The molecule has 236 valence electrons. The molecule has 1 N–H and O–H groups in total. The lowest BCUT2D eigenvalue weighted by Gasteiger charge is -2.34. The number of piperazine rings is 2. The number of anilines is 3. The Labute approximate surface area is 262 Å². The minimum atomic E-state index is -0.652. The van der Waals surface area contributed by atoms with Crippen molar-refractivity contribution in [2.24, 2.45) is 0 Å². The second-order valence-corrected chi connectivity index (χ2v) is 11.7. The van der Waals surface area contributed by atoms with Crippen LogP contribution in [0.2, 0.25) is 0 Å². The summed E-state index contributed by atoms with van der Waals surface area (Å²) in [6.45, 7) is 9.71. The number of carbonyl (C=O) groups excluding carboxylic acids is 3. The van der Waals surface area contributed by atoms with Crippen molar-refractivity contribution in [3.05, 3.63) is 71.5 Å². The summed E-state index contributed by atoms with van der Waals surface area (Å²) < 4.78 is 12.2. The number of benzene rings is 2. The van der Waals surface area contributed by atoms with Gasteiger partial charge in [-0.25, -0.2) is 4.79 Å². The van der Waals surface area contributed by atoms with Gasteiger partial charge in [0.2, 0.25) is 5.76 Å². The highest BCUT2D eigenvalue weighted by Gasteiger charge is 2.26. The SMILES string of the molecule is CCCOC(=O)c1cc2c(o1)c(NC(=O)c1ccc(N3CCN(C)CC3)cc1)nn2C(=O)c1ccc(N2CCN(C)CC2)cc1. The molecular formula is C33H39N7O5. The summed E-state index contributed by atoms with van der Waals surface area (Å²) in [5.41, 5.74) is 3.30. The van der Waals surface area contributed by atoms with Gasteiger partial charge in [-0.05, 0) is 69.0 Å². The van der Waals surface area contributed by atoms with Crippen molar-refractivity contribution in [2.45, 2.75) is 13.3 Å². The van der Waals surface area contributed by atoms with Gasteiger partial charge in [-0.3, -0.25) is 9.59 Å². The summed E-state index contributed by atoms with van der Waals surface area (Å²) in [4.78, 5) is 48.8. The van der Waals surface area contributed by atoms with E-state index in [1.807, 2.05) is 31.2 Å². The van der Waals surface area contributed by atoms with Gasteiger partial charge in [0.25, 0.3) is 11.8 Å². The zero-order chi connectivity index (χ0) is 31.5. The number of rotatable bonds is 8. The Morgan fingerprint density at radius 1 is 0.800 bits per heavy atom. The number of hydrogen-bond acceptors (Lipinski definition) is 10. The summed E-state index contributed by atoms with van der Waals surface area (Å²) in [6.07, 6.45) is 0.650. The summed E-state index contributed by atoms with van der Waals surface area (Å²) in [6, 6.07) is 16.2. The third-order valence-electron chi connectivity index (χ3n) is 8.40. The molecule has 2 fully saturated rings. The van der Waals surface area contributed by atoms with E-state index >= 15 is 0 Å². The minimum absolute atomic E-state index is 0.0371. The van der Waals surface area contributed by atoms with Crippen molar-refractivity contribution in [1.29, 1.82) is 0 Å². The molecule has 0 spiro atoms. The molecule has 4 aromatic rings. The molecule has 4 heterocycles. The van der Waals surface area contributed by atoms with Crippen LogP contribution in [-0.2, 0) is 4.74 Å². The molecule has 2 aromatic heterocycles. The van der Waals surface area contributed by atoms with E-state index in [0.717, 1.165) is 68.4 Å². The van der Waals surface area contributed by atoms with Crippen LogP contribution in [0.5, 0.6) is 0 Å². The monoisotopic (exact) mass is 613 g/mol. The fraction of sp³-hybridized carbons (Fsp3) is 0.394. The van der Waals surface area contributed by atoms with Crippen molar-refractivity contribution in [3.8, 4) is 0 Å². The van der Waals surface area contributed by atoms with Gasteiger partial charge in [0.15, 0.2) is 11.4 Å². The molecule has 2 aliphatic rings. The zero-order valence-corrected chi connectivity index (χ0v) is 26.0. The highest BCUT2D eigenvalue weighted by Crippen LogP contribution is 2.29. The number of furan rings is 1. The van der Waals surface area contributed by atoms with Crippen LogP contribution in [0.4, 0.5) is 17.2 Å². The molecule has 0 aliphatic carbocycles. The highest BCUT2D eigenvalue weighted by molar-refractivity contribution is 6.10. The van der Waals surface area contributed by atoms with Crippen LogP contribution >= 0.6 is 0 Å². The number of fused-ring (bicyclic) bond motifs is 1. The maximum Gasteiger partial charge on any atom is 0.374 e. The van der Waals surface area contributed by atoms with Gasteiger partial charge in [0.05, 0.1) is 6.61 Å². The Morgan fingerprint density at radius 3 is 1.87 bits per heavy atom. The number of nitrogens with one attached hydrogen (secondary N) is 1. The van der Waals surface area contributed by atoms with Crippen LogP contribution in [0.3, 0.4) is 0 Å². The lowest BCUT2D eigenvalue weighted by Crippen LogP contribution is -2.44. The Kier molecular flexibility index (Phi) is 8.85. The number of aromatic nitrogens is 2. The molecule has 2 saturated heterocycles. The van der Waals surface area contributed by atoms with Crippen LogP contribution in [0.15, 0.2) is 59.0 Å². The molecule has 0 radical (unpaired) electrons. The molecule has 12 nitrogen and oxygen atoms in total. The fourth-order valence-electron chi connectivity index (χ4n) is 5.58. The maximum atomic E-state index is 13.7. The second-order valence-electron chi connectivity index (χ2n) is 11.7. The number of nitrogens with zero attached hydrogens (tertiary/aromatic N) is 6. The topological polar surface area (TPSA) is 116 Å². The average Bonchev–Trinajstić information content (AvgIpc) is 3.65. The molecular weight excluding hydrogens is 574 g/mol. The predicted octanol–water partition coefficient (Wildman–Crippen LogP) is 3.64. The zero-order valence-electron chi connectivity index (χ0n) is 26.0. The van der Waals surface area contributed by atoms with E-state index in [9.17, 15) is 14.4 Å². The Morgan fingerprint density at radius 2 is 1.33 bits per heavy atom. The van der Waals surface area contributed by atoms with Crippen molar-refractivity contribution < 1.29 is 23.5 Å². The Balaban J connectivity index is 1.25. The number of likely N-dealkylation sites (N-methyl/N-ethyl adjacent to an activating group) is 2. The number of amides is 1. The fourth-order valence-corrected chi connectivity index (χ4v) is 5.58. The molecule has 12 heteroatoms. The van der Waals surface area contributed by atoms with Gasteiger partial charge in [0.1, 0.15) is 5.52 Å². The molecule has 1 amide bonds. The molecule has 2 aromatic carbocycles. The number of esters is 1. The predicted molar refractivity (Wildman–Crippen MR) is 173 cm³/mol. The molecule has 0 bridgehead atoms. The van der Waals surface area contributed by atoms with Crippen molar-refractivity contribution in [2.75, 3.05) is 88.2 Å². The Bertz CT molecular complexity index is 1660.